The van der Waals surface area contributed by atoms with E-state index in [1.54, 1.807) is 23.4 Å². The van der Waals surface area contributed by atoms with E-state index in [4.69, 9.17) is 0 Å². The Kier molecular flexibility index (Phi) is 6.43. The summed E-state index contributed by atoms with van der Waals surface area (Å²) in [6.45, 7) is 8.32. The number of hydrogen-bond acceptors (Lipinski definition) is 5. The van der Waals surface area contributed by atoms with Crippen LogP contribution >= 0.6 is 0 Å². The highest BCUT2D eigenvalue weighted by Crippen LogP contribution is 2.19. The average molecular weight is 397 g/mol. The number of carbonyl (C=O) groups excluding carboxylic acids is 3. The molecule has 1 fully saturated rings. The molecule has 1 saturated heterocycles. The predicted molar refractivity (Wildman–Crippen MR) is 109 cm³/mol. The van der Waals surface area contributed by atoms with Crippen LogP contribution in [0.3, 0.4) is 0 Å². The van der Waals surface area contributed by atoms with E-state index >= 15 is 0 Å². The molecule has 0 bridgehead atoms. The highest BCUT2D eigenvalue weighted by atomic mass is 16.2. The lowest BCUT2D eigenvalue weighted by Crippen LogP contribution is -2.52. The first-order valence-corrected chi connectivity index (χ1v) is 9.86. The topological polar surface area (TPSA) is 87.5 Å². The van der Waals surface area contributed by atoms with Crippen molar-refractivity contribution in [1.29, 1.82) is 0 Å². The van der Waals surface area contributed by atoms with Crippen molar-refractivity contribution in [2.24, 2.45) is 0 Å². The molecule has 8 nitrogen and oxygen atoms in total. The number of aryl methyl sites for hydroxylation is 1. The molecular weight excluding hydrogens is 370 g/mol. The summed E-state index contributed by atoms with van der Waals surface area (Å²) in [6.07, 6.45) is 0. The van der Waals surface area contributed by atoms with Crippen molar-refractivity contribution in [3.8, 4) is 5.69 Å². The Balaban J connectivity index is 1.68. The van der Waals surface area contributed by atoms with Gasteiger partial charge in [0.15, 0.2) is 0 Å². The first kappa shape index (κ1) is 20.7. The second kappa shape index (κ2) is 9.00. The minimum atomic E-state index is -0.528. The van der Waals surface area contributed by atoms with Gasteiger partial charge in [0.1, 0.15) is 0 Å². The molecule has 0 atom stereocenters. The minimum absolute atomic E-state index is 0.0251. The van der Waals surface area contributed by atoms with E-state index < -0.39 is 11.7 Å². The molecule has 2 aromatic rings. The summed E-state index contributed by atoms with van der Waals surface area (Å²) in [5.74, 6) is -1.07. The van der Waals surface area contributed by atoms with Gasteiger partial charge in [-0.1, -0.05) is 18.2 Å². The third-order valence-electron chi connectivity index (χ3n) is 5.11. The standard InChI is InChI=1S/C21H27N5O3/c1-4-22-18(27)14-24-10-12-25(13-11-24)21(29)20(28)19-15(2)23-26(16(19)3)17-8-6-5-7-9-17/h5-9H,4,10-14H2,1-3H3,(H,22,27). The average Bonchev–Trinajstić information content (AvgIpc) is 3.02. The van der Waals surface area contributed by atoms with Gasteiger partial charge in [0, 0.05) is 32.7 Å². The number of carbonyl (C=O) groups is 3. The van der Waals surface area contributed by atoms with E-state index in [1.165, 1.54) is 0 Å². The Morgan fingerprint density at radius 1 is 1.03 bits per heavy atom. The van der Waals surface area contributed by atoms with Gasteiger partial charge < -0.3 is 10.2 Å². The van der Waals surface area contributed by atoms with Gasteiger partial charge in [-0.25, -0.2) is 4.68 Å². The van der Waals surface area contributed by atoms with Crippen LogP contribution in [0.4, 0.5) is 0 Å². The molecule has 0 saturated carbocycles. The summed E-state index contributed by atoms with van der Waals surface area (Å²) < 4.78 is 1.69. The van der Waals surface area contributed by atoms with E-state index in [2.05, 4.69) is 10.4 Å². The zero-order valence-electron chi connectivity index (χ0n) is 17.1. The summed E-state index contributed by atoms with van der Waals surface area (Å²) in [6, 6.07) is 9.53. The lowest BCUT2D eigenvalue weighted by atomic mass is 10.1. The molecule has 1 aromatic carbocycles. The van der Waals surface area contributed by atoms with E-state index in [9.17, 15) is 14.4 Å². The fourth-order valence-corrected chi connectivity index (χ4v) is 3.61. The van der Waals surface area contributed by atoms with Crippen LogP contribution in [0.15, 0.2) is 30.3 Å². The number of amides is 2. The second-order valence-corrected chi connectivity index (χ2v) is 7.14. The maximum Gasteiger partial charge on any atom is 0.295 e. The van der Waals surface area contributed by atoms with Gasteiger partial charge in [-0.05, 0) is 32.9 Å². The van der Waals surface area contributed by atoms with Crippen molar-refractivity contribution in [3.63, 3.8) is 0 Å². The number of para-hydroxylation sites is 1. The van der Waals surface area contributed by atoms with Crippen LogP contribution in [0.1, 0.15) is 28.7 Å². The maximum atomic E-state index is 13.0. The molecule has 154 valence electrons. The van der Waals surface area contributed by atoms with Crippen molar-refractivity contribution in [1.82, 2.24) is 24.9 Å². The lowest BCUT2D eigenvalue weighted by molar-refractivity contribution is -0.128. The summed E-state index contributed by atoms with van der Waals surface area (Å²) >= 11 is 0. The number of likely N-dealkylation sites (N-methyl/N-ethyl adjacent to an activating group) is 1. The summed E-state index contributed by atoms with van der Waals surface area (Å²) in [5, 5.41) is 7.23. The fourth-order valence-electron chi connectivity index (χ4n) is 3.61. The Morgan fingerprint density at radius 2 is 1.69 bits per heavy atom. The number of nitrogens with one attached hydrogen (secondary N) is 1. The van der Waals surface area contributed by atoms with Crippen LogP contribution in [0, 0.1) is 13.8 Å². The molecule has 0 unspecified atom stereocenters. The second-order valence-electron chi connectivity index (χ2n) is 7.14. The van der Waals surface area contributed by atoms with Crippen molar-refractivity contribution in [2.45, 2.75) is 20.8 Å². The number of benzene rings is 1. The predicted octanol–water partition coefficient (Wildman–Crippen LogP) is 0.952. The number of hydrogen-bond donors (Lipinski definition) is 1. The molecule has 1 aromatic heterocycles. The Bertz CT molecular complexity index is 899. The number of nitrogens with zero attached hydrogens (tertiary/aromatic N) is 4. The number of piperazine rings is 1. The number of rotatable bonds is 6. The van der Waals surface area contributed by atoms with Gasteiger partial charge in [-0.2, -0.15) is 5.10 Å². The SMILES string of the molecule is CCNC(=O)CN1CCN(C(=O)C(=O)c2c(C)nn(-c3ccccc3)c2C)CC1. The molecule has 1 N–H and O–H groups in total. The van der Waals surface area contributed by atoms with Crippen LogP contribution in [-0.4, -0.2) is 76.4 Å². The first-order chi connectivity index (χ1) is 13.9. The highest BCUT2D eigenvalue weighted by Gasteiger charge is 2.31. The quantitative estimate of drug-likeness (QED) is 0.579. The molecule has 2 heterocycles. The summed E-state index contributed by atoms with van der Waals surface area (Å²) in [5.41, 5.74) is 2.41. The largest absolute Gasteiger partial charge is 0.355 e. The molecule has 2 amide bonds. The monoisotopic (exact) mass is 397 g/mol. The van der Waals surface area contributed by atoms with Crippen LogP contribution < -0.4 is 5.32 Å². The molecule has 0 spiro atoms. The molecule has 0 aliphatic carbocycles. The number of aromatic nitrogens is 2. The van der Waals surface area contributed by atoms with E-state index in [1.807, 2.05) is 42.2 Å². The summed E-state index contributed by atoms with van der Waals surface area (Å²) in [4.78, 5) is 41.0. The van der Waals surface area contributed by atoms with Crippen molar-refractivity contribution >= 4 is 17.6 Å². The molecule has 1 aliphatic heterocycles. The van der Waals surface area contributed by atoms with Gasteiger partial charge in [-0.3, -0.25) is 19.3 Å². The normalized spacial score (nSPS) is 14.7. The Morgan fingerprint density at radius 3 is 2.31 bits per heavy atom. The Labute approximate surface area is 170 Å². The van der Waals surface area contributed by atoms with Crippen LogP contribution in [0.5, 0.6) is 0 Å². The fraction of sp³-hybridized carbons (Fsp3) is 0.429. The van der Waals surface area contributed by atoms with Crippen LogP contribution in [0.2, 0.25) is 0 Å². The zero-order chi connectivity index (χ0) is 21.0. The molecule has 29 heavy (non-hydrogen) atoms. The van der Waals surface area contributed by atoms with Gasteiger partial charge >= 0.3 is 0 Å². The third kappa shape index (κ3) is 4.54. The van der Waals surface area contributed by atoms with Gasteiger partial charge in [0.2, 0.25) is 5.91 Å². The van der Waals surface area contributed by atoms with Crippen molar-refractivity contribution in [3.05, 3.63) is 47.3 Å². The lowest BCUT2D eigenvalue weighted by Gasteiger charge is -2.33. The molecular formula is C21H27N5O3. The van der Waals surface area contributed by atoms with Crippen LogP contribution in [0.25, 0.3) is 5.69 Å². The van der Waals surface area contributed by atoms with E-state index in [0.717, 1.165) is 5.69 Å². The molecule has 8 heteroatoms. The van der Waals surface area contributed by atoms with Gasteiger partial charge in [-0.15, -0.1) is 0 Å². The minimum Gasteiger partial charge on any atom is -0.355 e. The van der Waals surface area contributed by atoms with Crippen molar-refractivity contribution in [2.75, 3.05) is 39.3 Å². The van der Waals surface area contributed by atoms with Crippen molar-refractivity contribution < 1.29 is 14.4 Å². The third-order valence-corrected chi connectivity index (χ3v) is 5.11. The highest BCUT2D eigenvalue weighted by molar-refractivity contribution is 6.43. The number of Topliss-reactive ketones (excluding diaryl/α,β-unsaturated/α-hetero) is 1. The molecule has 3 rings (SSSR count). The summed E-state index contributed by atoms with van der Waals surface area (Å²) in [7, 11) is 0. The zero-order valence-corrected chi connectivity index (χ0v) is 17.1. The first-order valence-electron chi connectivity index (χ1n) is 9.86. The Hall–Kier alpha value is -3.00. The van der Waals surface area contributed by atoms with Gasteiger partial charge in [0.25, 0.3) is 11.7 Å². The van der Waals surface area contributed by atoms with Gasteiger partial charge in [0.05, 0.1) is 29.2 Å². The van der Waals surface area contributed by atoms with E-state index in [0.29, 0.717) is 56.2 Å². The molecule has 1 aliphatic rings. The van der Waals surface area contributed by atoms with E-state index in [-0.39, 0.29) is 5.91 Å². The smallest absolute Gasteiger partial charge is 0.295 e. The number of ketones is 1. The molecule has 0 radical (unpaired) electrons. The van der Waals surface area contributed by atoms with Crippen LogP contribution in [-0.2, 0) is 9.59 Å². The maximum absolute atomic E-state index is 13.0.